The summed E-state index contributed by atoms with van der Waals surface area (Å²) < 4.78 is 25.4. The molecule has 0 atom stereocenters. The highest BCUT2D eigenvalue weighted by Gasteiger charge is 2.28. The van der Waals surface area contributed by atoms with Crippen molar-refractivity contribution < 1.29 is 8.42 Å². The quantitative estimate of drug-likeness (QED) is 0.433. The van der Waals surface area contributed by atoms with Crippen molar-refractivity contribution in [1.82, 2.24) is 14.9 Å². The van der Waals surface area contributed by atoms with Gasteiger partial charge >= 0.3 is 0 Å². The second kappa shape index (κ2) is 7.51. The highest BCUT2D eigenvalue weighted by Crippen LogP contribution is 2.29. The fourth-order valence-corrected chi connectivity index (χ4v) is 3.74. The van der Waals surface area contributed by atoms with Gasteiger partial charge in [0.25, 0.3) is 0 Å². The number of hydrogen-bond donors (Lipinski definition) is 2. The Hall–Kier alpha value is -0.470. The van der Waals surface area contributed by atoms with Crippen molar-refractivity contribution in [2.24, 2.45) is 4.99 Å². The summed E-state index contributed by atoms with van der Waals surface area (Å²) in [6.45, 7) is 8.91. The van der Waals surface area contributed by atoms with Gasteiger partial charge in [-0.3, -0.25) is 4.99 Å². The Kier molecular flexibility index (Phi) is 6.60. The summed E-state index contributed by atoms with van der Waals surface area (Å²) in [5, 5.41) is 3.21. The summed E-state index contributed by atoms with van der Waals surface area (Å²) in [4.78, 5) is 6.50. The molecule has 0 aromatic rings. The van der Waals surface area contributed by atoms with Crippen molar-refractivity contribution in [3.05, 3.63) is 0 Å². The normalized spacial score (nSPS) is 20.0. The lowest BCUT2D eigenvalue weighted by Crippen LogP contribution is -2.51. The SMILES string of the molecule is CCS(=O)(=O)NCCNC(=NC)N1CCSC(C)(C)C1. The Morgan fingerprint density at radius 2 is 2.10 bits per heavy atom. The molecule has 0 saturated carbocycles. The Morgan fingerprint density at radius 1 is 1.40 bits per heavy atom. The van der Waals surface area contributed by atoms with Crippen LogP contribution in [0.25, 0.3) is 0 Å². The van der Waals surface area contributed by atoms with E-state index in [0.717, 1.165) is 24.8 Å². The second-order valence-corrected chi connectivity index (χ2v) is 9.20. The summed E-state index contributed by atoms with van der Waals surface area (Å²) >= 11 is 1.97. The summed E-state index contributed by atoms with van der Waals surface area (Å²) in [6.07, 6.45) is 0. The monoisotopic (exact) mass is 322 g/mol. The minimum Gasteiger partial charge on any atom is -0.355 e. The van der Waals surface area contributed by atoms with Gasteiger partial charge in [0.1, 0.15) is 0 Å². The van der Waals surface area contributed by atoms with Crippen LogP contribution in [0.3, 0.4) is 0 Å². The molecule has 0 aromatic carbocycles. The van der Waals surface area contributed by atoms with Crippen molar-refractivity contribution in [2.75, 3.05) is 44.7 Å². The maximum Gasteiger partial charge on any atom is 0.211 e. The van der Waals surface area contributed by atoms with Crippen molar-refractivity contribution in [3.63, 3.8) is 0 Å². The lowest BCUT2D eigenvalue weighted by atomic mass is 10.2. The minimum atomic E-state index is -3.11. The third-order valence-corrected chi connectivity index (χ3v) is 5.75. The van der Waals surface area contributed by atoms with Crippen LogP contribution in [0.15, 0.2) is 4.99 Å². The predicted octanol–water partition coefficient (Wildman–Crippen LogP) is 0.329. The van der Waals surface area contributed by atoms with Gasteiger partial charge in [0.05, 0.1) is 5.75 Å². The molecular formula is C12H26N4O2S2. The van der Waals surface area contributed by atoms with E-state index in [1.165, 1.54) is 0 Å². The molecule has 0 radical (unpaired) electrons. The van der Waals surface area contributed by atoms with Gasteiger partial charge in [0, 0.05) is 43.7 Å². The number of aliphatic imine (C=N–C) groups is 1. The van der Waals surface area contributed by atoms with Crippen molar-refractivity contribution >= 4 is 27.7 Å². The molecule has 0 aromatic heterocycles. The van der Waals surface area contributed by atoms with E-state index in [-0.39, 0.29) is 10.5 Å². The smallest absolute Gasteiger partial charge is 0.211 e. The largest absolute Gasteiger partial charge is 0.355 e. The first kappa shape index (κ1) is 17.6. The van der Waals surface area contributed by atoms with E-state index in [1.807, 2.05) is 11.8 Å². The fraction of sp³-hybridized carbons (Fsp3) is 0.917. The van der Waals surface area contributed by atoms with Gasteiger partial charge in [0.2, 0.25) is 10.0 Å². The number of rotatable bonds is 5. The Bertz CT molecular complexity index is 435. The number of guanidine groups is 1. The Balaban J connectivity index is 2.41. The van der Waals surface area contributed by atoms with Crippen LogP contribution in [0, 0.1) is 0 Å². The summed E-state index contributed by atoms with van der Waals surface area (Å²) in [7, 11) is -1.36. The van der Waals surface area contributed by atoms with Crippen molar-refractivity contribution in [1.29, 1.82) is 0 Å². The fourth-order valence-electron chi connectivity index (χ4n) is 2.01. The van der Waals surface area contributed by atoms with E-state index >= 15 is 0 Å². The van der Waals surface area contributed by atoms with Crippen LogP contribution in [0.2, 0.25) is 0 Å². The number of hydrogen-bond acceptors (Lipinski definition) is 4. The topological polar surface area (TPSA) is 73.8 Å². The maximum absolute atomic E-state index is 11.3. The molecule has 20 heavy (non-hydrogen) atoms. The number of sulfonamides is 1. The molecule has 0 aliphatic carbocycles. The average Bonchev–Trinajstić information content (AvgIpc) is 2.37. The van der Waals surface area contributed by atoms with E-state index in [2.05, 4.69) is 33.8 Å². The lowest BCUT2D eigenvalue weighted by Gasteiger charge is -2.39. The molecule has 1 rings (SSSR count). The molecule has 0 spiro atoms. The molecule has 6 nitrogen and oxygen atoms in total. The molecule has 8 heteroatoms. The van der Waals surface area contributed by atoms with E-state index in [0.29, 0.717) is 13.1 Å². The molecule has 1 fully saturated rings. The highest BCUT2D eigenvalue weighted by atomic mass is 32.2. The van der Waals surface area contributed by atoms with Crippen molar-refractivity contribution in [3.8, 4) is 0 Å². The van der Waals surface area contributed by atoms with E-state index < -0.39 is 10.0 Å². The van der Waals surface area contributed by atoms with E-state index in [1.54, 1.807) is 14.0 Å². The Morgan fingerprint density at radius 3 is 2.65 bits per heavy atom. The number of nitrogens with zero attached hydrogens (tertiary/aromatic N) is 2. The van der Waals surface area contributed by atoms with Gasteiger partial charge in [0.15, 0.2) is 5.96 Å². The van der Waals surface area contributed by atoms with Crippen LogP contribution in [-0.4, -0.2) is 68.8 Å². The Labute approximate surface area is 126 Å². The first-order valence-electron chi connectivity index (χ1n) is 6.86. The zero-order valence-electron chi connectivity index (χ0n) is 12.8. The van der Waals surface area contributed by atoms with Crippen LogP contribution < -0.4 is 10.0 Å². The first-order valence-corrected chi connectivity index (χ1v) is 9.50. The molecule has 1 aliphatic rings. The molecule has 0 bridgehead atoms. The van der Waals surface area contributed by atoms with Crippen LogP contribution in [0.5, 0.6) is 0 Å². The molecule has 118 valence electrons. The molecule has 1 heterocycles. The van der Waals surface area contributed by atoms with Gasteiger partial charge in [-0.1, -0.05) is 0 Å². The zero-order valence-corrected chi connectivity index (χ0v) is 14.4. The first-order chi connectivity index (χ1) is 9.29. The van der Waals surface area contributed by atoms with Crippen LogP contribution in [-0.2, 0) is 10.0 Å². The molecule has 2 N–H and O–H groups in total. The van der Waals surface area contributed by atoms with Crippen LogP contribution >= 0.6 is 11.8 Å². The van der Waals surface area contributed by atoms with Gasteiger partial charge in [-0.25, -0.2) is 13.1 Å². The standard InChI is InChI=1S/C12H26N4O2S2/c1-5-20(17,18)15-7-6-14-11(13-4)16-8-9-19-12(2,3)10-16/h15H,5-10H2,1-4H3,(H,13,14). The van der Waals surface area contributed by atoms with Crippen molar-refractivity contribution in [2.45, 2.75) is 25.5 Å². The van der Waals surface area contributed by atoms with Gasteiger partial charge < -0.3 is 10.2 Å². The van der Waals surface area contributed by atoms with Crippen LogP contribution in [0.1, 0.15) is 20.8 Å². The molecule has 0 amide bonds. The summed E-state index contributed by atoms with van der Waals surface area (Å²) in [5.41, 5.74) is 0. The minimum absolute atomic E-state index is 0.110. The lowest BCUT2D eigenvalue weighted by molar-refractivity contribution is 0.376. The number of thioether (sulfide) groups is 1. The summed E-state index contributed by atoms with van der Waals surface area (Å²) in [6, 6.07) is 0. The predicted molar refractivity (Wildman–Crippen MR) is 86.9 cm³/mol. The van der Waals surface area contributed by atoms with Gasteiger partial charge in [-0.05, 0) is 20.8 Å². The molecule has 0 unspecified atom stereocenters. The van der Waals surface area contributed by atoms with Gasteiger partial charge in [-0.15, -0.1) is 0 Å². The average molecular weight is 323 g/mol. The third kappa shape index (κ3) is 5.88. The van der Waals surface area contributed by atoms with Gasteiger partial charge in [-0.2, -0.15) is 11.8 Å². The molecule has 1 saturated heterocycles. The van der Waals surface area contributed by atoms with E-state index in [4.69, 9.17) is 0 Å². The highest BCUT2D eigenvalue weighted by molar-refractivity contribution is 8.00. The number of nitrogens with one attached hydrogen (secondary N) is 2. The molecular weight excluding hydrogens is 296 g/mol. The zero-order chi connectivity index (χ0) is 15.2. The summed E-state index contributed by atoms with van der Waals surface area (Å²) in [5.74, 6) is 2.03. The third-order valence-electron chi connectivity index (χ3n) is 3.05. The van der Waals surface area contributed by atoms with E-state index in [9.17, 15) is 8.42 Å². The second-order valence-electron chi connectivity index (χ2n) is 5.30. The molecule has 1 aliphatic heterocycles. The van der Waals surface area contributed by atoms with Crippen LogP contribution in [0.4, 0.5) is 0 Å². The maximum atomic E-state index is 11.3.